The number of amides is 1. The van der Waals surface area contributed by atoms with Crippen molar-refractivity contribution in [2.75, 3.05) is 24.6 Å². The molecule has 1 aliphatic rings. The van der Waals surface area contributed by atoms with Crippen molar-refractivity contribution in [2.24, 2.45) is 0 Å². The van der Waals surface area contributed by atoms with Gasteiger partial charge in [0.05, 0.1) is 0 Å². The number of hydrogen-bond acceptors (Lipinski definition) is 3. The number of rotatable bonds is 5. The molecule has 0 unspecified atom stereocenters. The van der Waals surface area contributed by atoms with Crippen LogP contribution in [0.5, 0.6) is 0 Å². The normalized spacial score (nSPS) is 19.0. The van der Waals surface area contributed by atoms with Gasteiger partial charge in [-0.1, -0.05) is 30.3 Å². The molecule has 2 N–H and O–H groups in total. The molecule has 0 spiro atoms. The molecule has 5 heteroatoms. The third-order valence-electron chi connectivity index (χ3n) is 3.92. The number of aromatic amines is 1. The minimum absolute atomic E-state index is 0.0276. The van der Waals surface area contributed by atoms with Gasteiger partial charge < -0.3 is 10.3 Å². The van der Waals surface area contributed by atoms with Crippen molar-refractivity contribution in [3.63, 3.8) is 0 Å². The van der Waals surface area contributed by atoms with Gasteiger partial charge in [-0.3, -0.25) is 9.69 Å². The molecule has 1 aromatic heterocycles. The van der Waals surface area contributed by atoms with Crippen LogP contribution in [0.3, 0.4) is 0 Å². The lowest BCUT2D eigenvalue weighted by atomic mass is 10.1. The topological polar surface area (TPSA) is 48.1 Å². The fourth-order valence-electron chi connectivity index (χ4n) is 2.68. The van der Waals surface area contributed by atoms with Gasteiger partial charge >= 0.3 is 0 Å². The maximum Gasteiger partial charge on any atom is 0.267 e. The highest BCUT2D eigenvalue weighted by atomic mass is 32.2. The first kappa shape index (κ1) is 15.2. The zero-order valence-corrected chi connectivity index (χ0v) is 13.3. The maximum absolute atomic E-state index is 12.0. The first-order chi connectivity index (χ1) is 10.8. The Bertz CT molecular complexity index is 585. The highest BCUT2D eigenvalue weighted by Crippen LogP contribution is 2.18. The molecule has 116 valence electrons. The Morgan fingerprint density at radius 2 is 2.14 bits per heavy atom. The number of hydrogen-bond donors (Lipinski definition) is 2. The van der Waals surface area contributed by atoms with Crippen LogP contribution < -0.4 is 5.32 Å². The standard InChI is InChI=1S/C17H21N3OS/c21-17(16-7-4-8-18-16)19-11-15-13-22-10-9-20(15)12-14-5-2-1-3-6-14/h1-8,15,18H,9-13H2,(H,19,21)/t15-/m0/s1. The molecule has 1 atom stereocenters. The Morgan fingerprint density at radius 3 is 2.91 bits per heavy atom. The minimum atomic E-state index is -0.0276. The SMILES string of the molecule is O=C(NC[C@H]1CSCCN1Cc1ccccc1)c1ccc[nH]1. The van der Waals surface area contributed by atoms with E-state index in [2.05, 4.69) is 39.5 Å². The summed E-state index contributed by atoms with van der Waals surface area (Å²) in [5.74, 6) is 2.20. The van der Waals surface area contributed by atoms with Crippen LogP contribution in [0, 0.1) is 0 Å². The molecule has 3 rings (SSSR count). The fourth-order valence-corrected chi connectivity index (χ4v) is 3.81. The van der Waals surface area contributed by atoms with Crippen molar-refractivity contribution in [1.82, 2.24) is 15.2 Å². The van der Waals surface area contributed by atoms with Crippen LogP contribution in [-0.4, -0.2) is 46.4 Å². The molecule has 2 aromatic rings. The summed E-state index contributed by atoms with van der Waals surface area (Å²) >= 11 is 1.97. The Balaban J connectivity index is 1.57. The summed E-state index contributed by atoms with van der Waals surface area (Å²) < 4.78 is 0. The number of thioether (sulfide) groups is 1. The number of carbonyl (C=O) groups excluding carboxylic acids is 1. The van der Waals surface area contributed by atoms with Crippen LogP contribution in [0.4, 0.5) is 0 Å². The van der Waals surface area contributed by atoms with E-state index in [9.17, 15) is 4.79 Å². The lowest BCUT2D eigenvalue weighted by molar-refractivity contribution is 0.0931. The zero-order chi connectivity index (χ0) is 15.2. The summed E-state index contributed by atoms with van der Waals surface area (Å²) in [4.78, 5) is 17.5. The van der Waals surface area contributed by atoms with Gasteiger partial charge in [0.1, 0.15) is 5.69 Å². The third kappa shape index (κ3) is 3.93. The van der Waals surface area contributed by atoms with Crippen LogP contribution in [-0.2, 0) is 6.54 Å². The van der Waals surface area contributed by atoms with E-state index in [0.717, 1.165) is 24.6 Å². The van der Waals surface area contributed by atoms with Crippen LogP contribution in [0.15, 0.2) is 48.7 Å². The van der Waals surface area contributed by atoms with Gasteiger partial charge in [0, 0.05) is 43.4 Å². The number of benzene rings is 1. The second kappa shape index (κ2) is 7.51. The molecule has 1 aromatic carbocycles. The van der Waals surface area contributed by atoms with E-state index in [0.29, 0.717) is 18.3 Å². The maximum atomic E-state index is 12.0. The van der Waals surface area contributed by atoms with Crippen LogP contribution in [0.2, 0.25) is 0 Å². The molecule has 0 aliphatic carbocycles. The Hall–Kier alpha value is -1.72. The molecule has 1 aliphatic heterocycles. The molecular formula is C17H21N3OS. The Labute approximate surface area is 135 Å². The van der Waals surface area contributed by atoms with E-state index in [4.69, 9.17) is 0 Å². The van der Waals surface area contributed by atoms with Gasteiger partial charge in [-0.2, -0.15) is 11.8 Å². The smallest absolute Gasteiger partial charge is 0.267 e. The third-order valence-corrected chi connectivity index (χ3v) is 5.01. The van der Waals surface area contributed by atoms with Crippen molar-refractivity contribution in [1.29, 1.82) is 0 Å². The van der Waals surface area contributed by atoms with Crippen molar-refractivity contribution in [2.45, 2.75) is 12.6 Å². The molecule has 1 fully saturated rings. The Morgan fingerprint density at radius 1 is 1.27 bits per heavy atom. The highest BCUT2D eigenvalue weighted by Gasteiger charge is 2.23. The van der Waals surface area contributed by atoms with Crippen molar-refractivity contribution >= 4 is 17.7 Å². The van der Waals surface area contributed by atoms with E-state index in [1.54, 1.807) is 12.3 Å². The van der Waals surface area contributed by atoms with Gasteiger partial charge in [0.2, 0.25) is 0 Å². The summed E-state index contributed by atoms with van der Waals surface area (Å²) in [6, 6.07) is 14.6. The minimum Gasteiger partial charge on any atom is -0.357 e. The molecule has 0 radical (unpaired) electrons. The molecule has 0 saturated carbocycles. The zero-order valence-electron chi connectivity index (χ0n) is 12.5. The second-order valence-corrected chi connectivity index (χ2v) is 6.63. The van der Waals surface area contributed by atoms with Gasteiger partial charge in [0.25, 0.3) is 5.91 Å². The molecule has 1 saturated heterocycles. The van der Waals surface area contributed by atoms with E-state index >= 15 is 0 Å². The molecule has 0 bridgehead atoms. The molecular weight excluding hydrogens is 294 g/mol. The molecule has 22 heavy (non-hydrogen) atoms. The lowest BCUT2D eigenvalue weighted by Crippen LogP contribution is -2.48. The van der Waals surface area contributed by atoms with E-state index in [1.165, 1.54) is 5.56 Å². The van der Waals surface area contributed by atoms with E-state index in [1.807, 2.05) is 23.9 Å². The van der Waals surface area contributed by atoms with Crippen LogP contribution >= 0.6 is 11.8 Å². The van der Waals surface area contributed by atoms with Crippen LogP contribution in [0.1, 0.15) is 16.1 Å². The van der Waals surface area contributed by atoms with E-state index < -0.39 is 0 Å². The molecule has 4 nitrogen and oxygen atoms in total. The number of aromatic nitrogens is 1. The first-order valence-electron chi connectivity index (χ1n) is 7.60. The summed E-state index contributed by atoms with van der Waals surface area (Å²) in [6.07, 6.45) is 1.77. The predicted octanol–water partition coefficient (Wildman–Crippen LogP) is 2.36. The quantitative estimate of drug-likeness (QED) is 0.890. The first-order valence-corrected chi connectivity index (χ1v) is 8.76. The summed E-state index contributed by atoms with van der Waals surface area (Å²) in [7, 11) is 0. The predicted molar refractivity (Wildman–Crippen MR) is 91.1 cm³/mol. The average molecular weight is 315 g/mol. The largest absolute Gasteiger partial charge is 0.357 e. The summed E-state index contributed by atoms with van der Waals surface area (Å²) in [6.45, 7) is 2.71. The number of carbonyl (C=O) groups is 1. The van der Waals surface area contributed by atoms with Crippen molar-refractivity contribution in [3.8, 4) is 0 Å². The van der Waals surface area contributed by atoms with Crippen molar-refractivity contribution < 1.29 is 4.79 Å². The van der Waals surface area contributed by atoms with Gasteiger partial charge in [-0.05, 0) is 17.7 Å². The average Bonchev–Trinajstić information content (AvgIpc) is 3.09. The highest BCUT2D eigenvalue weighted by molar-refractivity contribution is 7.99. The van der Waals surface area contributed by atoms with Gasteiger partial charge in [0.15, 0.2) is 0 Å². The summed E-state index contributed by atoms with van der Waals surface area (Å²) in [5.41, 5.74) is 1.95. The van der Waals surface area contributed by atoms with E-state index in [-0.39, 0.29) is 5.91 Å². The second-order valence-electron chi connectivity index (χ2n) is 5.48. The fraction of sp³-hybridized carbons (Fsp3) is 0.353. The Kier molecular flexibility index (Phi) is 5.19. The van der Waals surface area contributed by atoms with Gasteiger partial charge in [-0.25, -0.2) is 0 Å². The molecule has 1 amide bonds. The van der Waals surface area contributed by atoms with Crippen molar-refractivity contribution in [3.05, 3.63) is 59.9 Å². The number of H-pyrrole nitrogens is 1. The van der Waals surface area contributed by atoms with Gasteiger partial charge in [-0.15, -0.1) is 0 Å². The summed E-state index contributed by atoms with van der Waals surface area (Å²) in [5, 5.41) is 3.05. The monoisotopic (exact) mass is 315 g/mol. The molecule has 2 heterocycles. The number of nitrogens with one attached hydrogen (secondary N) is 2. The number of nitrogens with zero attached hydrogens (tertiary/aromatic N) is 1. The van der Waals surface area contributed by atoms with Crippen LogP contribution in [0.25, 0.3) is 0 Å². The lowest BCUT2D eigenvalue weighted by Gasteiger charge is -2.35.